The Hall–Kier alpha value is -3.12. The van der Waals surface area contributed by atoms with Gasteiger partial charge in [0.25, 0.3) is 5.91 Å². The van der Waals surface area contributed by atoms with Gasteiger partial charge in [0.05, 0.1) is 17.4 Å². The third-order valence-corrected chi connectivity index (χ3v) is 6.32. The Morgan fingerprint density at radius 2 is 1.97 bits per heavy atom. The van der Waals surface area contributed by atoms with Crippen LogP contribution >= 0.6 is 0 Å². The molecule has 1 amide bonds. The van der Waals surface area contributed by atoms with Gasteiger partial charge >= 0.3 is 0 Å². The molecule has 6 heteroatoms. The number of ether oxygens (including phenoxy) is 1. The molecule has 0 radical (unpaired) electrons. The number of hydrogen-bond donors (Lipinski definition) is 1. The van der Waals surface area contributed by atoms with Crippen LogP contribution in [0.15, 0.2) is 48.7 Å². The number of amides is 1. The van der Waals surface area contributed by atoms with Gasteiger partial charge in [0.1, 0.15) is 11.9 Å². The van der Waals surface area contributed by atoms with Crippen molar-refractivity contribution in [1.29, 1.82) is 0 Å². The molecule has 1 aliphatic heterocycles. The van der Waals surface area contributed by atoms with Crippen LogP contribution in [0.25, 0.3) is 11.1 Å². The minimum absolute atomic E-state index is 0.00901. The highest BCUT2D eigenvalue weighted by Gasteiger charge is 2.33. The number of rotatable bonds is 5. The molecule has 2 heterocycles. The van der Waals surface area contributed by atoms with Crippen molar-refractivity contribution in [2.45, 2.75) is 51.5 Å². The predicted molar refractivity (Wildman–Crippen MR) is 118 cm³/mol. The fraction of sp³-hybridized carbons (Fsp3) is 0.360. The van der Waals surface area contributed by atoms with Crippen molar-refractivity contribution in [3.63, 3.8) is 0 Å². The molecule has 1 aromatic heterocycles. The van der Waals surface area contributed by atoms with E-state index in [1.54, 1.807) is 0 Å². The number of aliphatic hydroxyl groups is 1. The zero-order valence-corrected chi connectivity index (χ0v) is 17.9. The van der Waals surface area contributed by atoms with Crippen LogP contribution in [0.2, 0.25) is 0 Å². The van der Waals surface area contributed by atoms with Gasteiger partial charge < -0.3 is 14.7 Å². The second-order valence-electron chi connectivity index (χ2n) is 8.60. The van der Waals surface area contributed by atoms with E-state index >= 15 is 0 Å². The minimum atomic E-state index is -0.453. The largest absolute Gasteiger partial charge is 0.487 e. The lowest BCUT2D eigenvalue weighted by atomic mass is 10.0. The molecule has 0 spiro atoms. The van der Waals surface area contributed by atoms with E-state index in [1.807, 2.05) is 47.9 Å². The number of hydrogen-bond acceptors (Lipinski definition) is 4. The number of aliphatic hydroxyl groups excluding tert-OH is 1. The topological polar surface area (TPSA) is 67.6 Å². The van der Waals surface area contributed by atoms with Crippen LogP contribution in [-0.4, -0.2) is 37.9 Å². The molecule has 0 saturated heterocycles. The van der Waals surface area contributed by atoms with Crippen LogP contribution in [-0.2, 0) is 20.1 Å². The maximum Gasteiger partial charge on any atom is 0.258 e. The Bertz CT molecular complexity index is 1120. The number of benzene rings is 2. The molecule has 1 saturated carbocycles. The Kier molecular flexibility index (Phi) is 5.02. The molecule has 160 valence electrons. The average molecular weight is 418 g/mol. The van der Waals surface area contributed by atoms with E-state index in [4.69, 9.17) is 4.74 Å². The maximum atomic E-state index is 13.2. The molecule has 5 rings (SSSR count). The van der Waals surface area contributed by atoms with E-state index in [9.17, 15) is 9.90 Å². The van der Waals surface area contributed by atoms with Gasteiger partial charge in [0, 0.05) is 31.9 Å². The molecule has 3 aromatic rings. The van der Waals surface area contributed by atoms with Crippen molar-refractivity contribution in [2.24, 2.45) is 7.05 Å². The van der Waals surface area contributed by atoms with E-state index in [0.29, 0.717) is 24.4 Å². The summed E-state index contributed by atoms with van der Waals surface area (Å²) in [5.74, 6) is 0.587. The summed E-state index contributed by atoms with van der Waals surface area (Å²) in [6.45, 7) is 3.13. The summed E-state index contributed by atoms with van der Waals surface area (Å²) in [7, 11) is 1.92. The first-order valence-electron chi connectivity index (χ1n) is 10.8. The third-order valence-electron chi connectivity index (χ3n) is 6.32. The lowest BCUT2D eigenvalue weighted by Crippen LogP contribution is -2.27. The van der Waals surface area contributed by atoms with Crippen molar-refractivity contribution in [2.75, 3.05) is 0 Å². The summed E-state index contributed by atoms with van der Waals surface area (Å²) >= 11 is 0. The van der Waals surface area contributed by atoms with Gasteiger partial charge in [-0.15, -0.1) is 0 Å². The summed E-state index contributed by atoms with van der Waals surface area (Å²) in [6, 6.07) is 14.1. The molecular formula is C25H27N3O3. The highest BCUT2D eigenvalue weighted by molar-refractivity contribution is 6.01. The first-order chi connectivity index (χ1) is 15.0. The van der Waals surface area contributed by atoms with Gasteiger partial charge in [-0.25, -0.2) is 0 Å². The fourth-order valence-corrected chi connectivity index (χ4v) is 4.71. The van der Waals surface area contributed by atoms with Crippen molar-refractivity contribution in [3.8, 4) is 16.9 Å². The van der Waals surface area contributed by atoms with Gasteiger partial charge in [0.15, 0.2) is 0 Å². The molecule has 1 aliphatic carbocycles. The molecule has 2 aromatic carbocycles. The Labute approximate surface area is 182 Å². The summed E-state index contributed by atoms with van der Waals surface area (Å²) in [5, 5.41) is 14.5. The molecule has 6 nitrogen and oxygen atoms in total. The summed E-state index contributed by atoms with van der Waals surface area (Å²) in [5.41, 5.74) is 5.95. The molecule has 31 heavy (non-hydrogen) atoms. The van der Waals surface area contributed by atoms with Crippen LogP contribution in [0.3, 0.4) is 0 Å². The average Bonchev–Trinajstić information content (AvgIpc) is 3.41. The van der Waals surface area contributed by atoms with Crippen molar-refractivity contribution in [1.82, 2.24) is 14.7 Å². The van der Waals surface area contributed by atoms with Crippen molar-refractivity contribution < 1.29 is 14.6 Å². The summed E-state index contributed by atoms with van der Waals surface area (Å²) in [4.78, 5) is 15.0. The standard InChI is InChI=1S/C25H27N3O3/c1-16-20(15-27(2)26-16)18-11-9-17(10-12-18)13-28-14-19-5-3-8-23(24(19)25(28)30)31-22-7-4-6-21(22)29/h3,5,8-12,15,21-22,29H,4,6-7,13-14H2,1-2H3/t21-,22-/m0/s1. The Balaban J connectivity index is 1.32. The molecule has 0 bridgehead atoms. The molecule has 1 N–H and O–H groups in total. The van der Waals surface area contributed by atoms with Gasteiger partial charge in [-0.3, -0.25) is 9.48 Å². The molecule has 2 aliphatic rings. The van der Waals surface area contributed by atoms with Crippen molar-refractivity contribution in [3.05, 3.63) is 71.0 Å². The zero-order valence-electron chi connectivity index (χ0n) is 17.9. The van der Waals surface area contributed by atoms with Gasteiger partial charge in [-0.05, 0) is 48.9 Å². The molecular weight excluding hydrogens is 390 g/mol. The second-order valence-corrected chi connectivity index (χ2v) is 8.60. The number of fused-ring (bicyclic) bond motifs is 1. The zero-order chi connectivity index (χ0) is 21.5. The summed E-state index contributed by atoms with van der Waals surface area (Å²) < 4.78 is 7.89. The second kappa shape index (κ2) is 7.85. The van der Waals surface area contributed by atoms with E-state index in [1.165, 1.54) is 0 Å². The highest BCUT2D eigenvalue weighted by Crippen LogP contribution is 2.34. The Morgan fingerprint density at radius 1 is 1.16 bits per heavy atom. The van der Waals surface area contributed by atoms with Crippen LogP contribution in [0.4, 0.5) is 0 Å². The number of nitrogens with zero attached hydrogens (tertiary/aromatic N) is 3. The first kappa shape index (κ1) is 19.8. The molecule has 2 atom stereocenters. The van der Waals surface area contributed by atoms with Crippen LogP contribution in [0, 0.1) is 6.92 Å². The summed E-state index contributed by atoms with van der Waals surface area (Å²) in [6.07, 6.45) is 3.88. The maximum absolute atomic E-state index is 13.2. The molecule has 0 unspecified atom stereocenters. The van der Waals surface area contributed by atoms with Crippen molar-refractivity contribution >= 4 is 5.91 Å². The van der Waals surface area contributed by atoms with Gasteiger partial charge in [-0.1, -0.05) is 36.4 Å². The normalized spacial score (nSPS) is 20.4. The quantitative estimate of drug-likeness (QED) is 0.685. The molecule has 1 fully saturated rings. The monoisotopic (exact) mass is 417 g/mol. The number of carbonyl (C=O) groups is 1. The fourth-order valence-electron chi connectivity index (χ4n) is 4.71. The number of aromatic nitrogens is 2. The Morgan fingerprint density at radius 3 is 2.65 bits per heavy atom. The smallest absolute Gasteiger partial charge is 0.258 e. The van der Waals surface area contributed by atoms with Crippen LogP contribution < -0.4 is 4.74 Å². The van der Waals surface area contributed by atoms with E-state index in [0.717, 1.165) is 47.2 Å². The minimum Gasteiger partial charge on any atom is -0.487 e. The third kappa shape index (κ3) is 3.72. The van der Waals surface area contributed by atoms with E-state index in [2.05, 4.69) is 29.4 Å². The highest BCUT2D eigenvalue weighted by atomic mass is 16.5. The van der Waals surface area contributed by atoms with E-state index < -0.39 is 6.10 Å². The van der Waals surface area contributed by atoms with Gasteiger partial charge in [-0.2, -0.15) is 5.10 Å². The SMILES string of the molecule is Cc1nn(C)cc1-c1ccc(CN2Cc3cccc(O[C@H]4CCC[C@@H]4O)c3C2=O)cc1. The predicted octanol–water partition coefficient (Wildman–Crippen LogP) is 3.84. The van der Waals surface area contributed by atoms with Crippen LogP contribution in [0.5, 0.6) is 5.75 Å². The van der Waals surface area contributed by atoms with E-state index in [-0.39, 0.29) is 12.0 Å². The number of carbonyl (C=O) groups excluding carboxylic acids is 1. The number of aryl methyl sites for hydroxylation is 2. The lowest BCUT2D eigenvalue weighted by molar-refractivity contribution is 0.0582. The lowest BCUT2D eigenvalue weighted by Gasteiger charge is -2.19. The van der Waals surface area contributed by atoms with Crippen LogP contribution in [0.1, 0.15) is 46.4 Å². The van der Waals surface area contributed by atoms with Gasteiger partial charge in [0.2, 0.25) is 0 Å². The first-order valence-corrected chi connectivity index (χ1v) is 10.8.